The molecule has 6 nitrogen and oxygen atoms in total. The molecule has 0 aliphatic carbocycles. The van der Waals surface area contributed by atoms with Crippen LogP contribution in [0.4, 0.5) is 5.69 Å². The lowest BCUT2D eigenvalue weighted by Crippen LogP contribution is -2.38. The van der Waals surface area contributed by atoms with E-state index in [0.29, 0.717) is 12.1 Å². The molecule has 0 saturated heterocycles. The number of ether oxygens (including phenoxy) is 1. The summed E-state index contributed by atoms with van der Waals surface area (Å²) in [6.45, 7) is 1.44. The van der Waals surface area contributed by atoms with Crippen molar-refractivity contribution in [3.05, 3.63) is 53.9 Å². The Labute approximate surface area is 139 Å². The average molecular weight is 320 g/mol. The zero-order chi connectivity index (χ0) is 16.5. The number of hydrogen-bond acceptors (Lipinski definition) is 6. The molecule has 0 amide bonds. The van der Waals surface area contributed by atoms with Gasteiger partial charge in [0.1, 0.15) is 17.4 Å². The van der Waals surface area contributed by atoms with Crippen LogP contribution in [0, 0.1) is 0 Å². The minimum absolute atomic E-state index is 0.00469. The second-order valence-electron chi connectivity index (χ2n) is 5.61. The Bertz CT molecular complexity index is 859. The van der Waals surface area contributed by atoms with Gasteiger partial charge in [0.25, 0.3) is 0 Å². The van der Waals surface area contributed by atoms with E-state index in [2.05, 4.69) is 9.98 Å². The van der Waals surface area contributed by atoms with Crippen molar-refractivity contribution >= 4 is 23.1 Å². The van der Waals surface area contributed by atoms with Crippen molar-refractivity contribution in [2.75, 3.05) is 20.2 Å². The number of carbonyl (C=O) groups is 1. The SMILES string of the molecule is COc1ccc2c(c1)C1=NCCN1C(CC(=O)c1cccnc1)=N2. The summed E-state index contributed by atoms with van der Waals surface area (Å²) in [5.74, 6) is 2.38. The molecule has 3 heterocycles. The number of amidine groups is 2. The fourth-order valence-corrected chi connectivity index (χ4v) is 2.96. The van der Waals surface area contributed by atoms with Crippen LogP contribution in [0.1, 0.15) is 22.3 Å². The Hall–Kier alpha value is -3.02. The van der Waals surface area contributed by atoms with Crippen LogP contribution in [0.2, 0.25) is 0 Å². The molecular formula is C18H16N4O2. The van der Waals surface area contributed by atoms with Crippen LogP contribution < -0.4 is 4.74 Å². The molecule has 4 rings (SSSR count). The second kappa shape index (κ2) is 5.88. The Kier molecular flexibility index (Phi) is 3.57. The lowest BCUT2D eigenvalue weighted by molar-refractivity contribution is 0.0998. The number of carbonyl (C=O) groups excluding carboxylic acids is 1. The largest absolute Gasteiger partial charge is 0.497 e. The molecule has 2 aliphatic heterocycles. The Balaban J connectivity index is 1.69. The highest BCUT2D eigenvalue weighted by molar-refractivity contribution is 6.20. The molecule has 120 valence electrons. The number of Topliss-reactive ketones (excluding diaryl/α,β-unsaturated/α-hetero) is 1. The number of benzene rings is 1. The number of methoxy groups -OCH3 is 1. The van der Waals surface area contributed by atoms with E-state index >= 15 is 0 Å². The lowest BCUT2D eigenvalue weighted by atomic mass is 10.1. The maximum absolute atomic E-state index is 12.5. The van der Waals surface area contributed by atoms with Crippen LogP contribution in [0.3, 0.4) is 0 Å². The number of nitrogens with zero attached hydrogens (tertiary/aromatic N) is 4. The van der Waals surface area contributed by atoms with Crippen molar-refractivity contribution in [3.8, 4) is 5.75 Å². The molecule has 2 aromatic rings. The molecule has 0 saturated carbocycles. The van der Waals surface area contributed by atoms with Gasteiger partial charge in [-0.15, -0.1) is 0 Å². The standard InChI is InChI=1S/C18H16N4O2/c1-24-13-4-5-15-14(9-13)18-20-7-8-22(18)17(21-15)10-16(23)12-3-2-6-19-11-12/h2-6,9,11H,7-8,10H2,1H3. The van der Waals surface area contributed by atoms with E-state index in [9.17, 15) is 4.79 Å². The first-order chi connectivity index (χ1) is 11.8. The first-order valence-electron chi connectivity index (χ1n) is 7.77. The van der Waals surface area contributed by atoms with Crippen molar-refractivity contribution in [2.45, 2.75) is 6.42 Å². The minimum Gasteiger partial charge on any atom is -0.497 e. The van der Waals surface area contributed by atoms with E-state index in [-0.39, 0.29) is 12.2 Å². The van der Waals surface area contributed by atoms with Gasteiger partial charge < -0.3 is 9.64 Å². The lowest BCUT2D eigenvalue weighted by Gasteiger charge is -2.27. The molecule has 1 aromatic carbocycles. The van der Waals surface area contributed by atoms with E-state index in [1.165, 1.54) is 0 Å². The fourth-order valence-electron chi connectivity index (χ4n) is 2.96. The average Bonchev–Trinajstić information content (AvgIpc) is 3.12. The summed E-state index contributed by atoms with van der Waals surface area (Å²) < 4.78 is 5.29. The van der Waals surface area contributed by atoms with Gasteiger partial charge in [0.05, 0.1) is 25.8 Å². The third-order valence-electron chi connectivity index (χ3n) is 4.15. The van der Waals surface area contributed by atoms with Crippen molar-refractivity contribution in [3.63, 3.8) is 0 Å². The van der Waals surface area contributed by atoms with Gasteiger partial charge >= 0.3 is 0 Å². The van der Waals surface area contributed by atoms with Crippen molar-refractivity contribution in [1.29, 1.82) is 0 Å². The van der Waals surface area contributed by atoms with Gasteiger partial charge in [0.2, 0.25) is 0 Å². The molecule has 6 heteroatoms. The molecule has 0 fully saturated rings. The van der Waals surface area contributed by atoms with Gasteiger partial charge in [-0.2, -0.15) is 0 Å². The smallest absolute Gasteiger partial charge is 0.171 e. The molecule has 0 radical (unpaired) electrons. The third-order valence-corrected chi connectivity index (χ3v) is 4.15. The summed E-state index contributed by atoms with van der Waals surface area (Å²) >= 11 is 0. The van der Waals surface area contributed by atoms with E-state index in [1.807, 2.05) is 23.1 Å². The number of pyridine rings is 1. The fraction of sp³-hybridized carbons (Fsp3) is 0.222. The normalized spacial score (nSPS) is 15.3. The Morgan fingerprint density at radius 3 is 3.04 bits per heavy atom. The van der Waals surface area contributed by atoms with Gasteiger partial charge in [-0.3, -0.25) is 14.8 Å². The van der Waals surface area contributed by atoms with Crippen LogP contribution in [0.15, 0.2) is 52.7 Å². The van der Waals surface area contributed by atoms with Crippen LogP contribution in [0.5, 0.6) is 5.75 Å². The molecule has 0 spiro atoms. The maximum Gasteiger partial charge on any atom is 0.171 e. The topological polar surface area (TPSA) is 67.2 Å². The van der Waals surface area contributed by atoms with E-state index < -0.39 is 0 Å². The number of aliphatic imine (C=N–C) groups is 2. The summed E-state index contributed by atoms with van der Waals surface area (Å²) in [6.07, 6.45) is 3.48. The maximum atomic E-state index is 12.5. The monoisotopic (exact) mass is 320 g/mol. The molecule has 0 N–H and O–H groups in total. The molecule has 1 aromatic heterocycles. The van der Waals surface area contributed by atoms with Crippen LogP contribution >= 0.6 is 0 Å². The van der Waals surface area contributed by atoms with Gasteiger partial charge in [0, 0.05) is 30.1 Å². The van der Waals surface area contributed by atoms with Gasteiger partial charge in [0.15, 0.2) is 5.78 Å². The quantitative estimate of drug-likeness (QED) is 0.812. The predicted octanol–water partition coefficient (Wildman–Crippen LogP) is 2.47. The molecule has 0 bridgehead atoms. The van der Waals surface area contributed by atoms with E-state index in [0.717, 1.165) is 35.2 Å². The molecule has 0 atom stereocenters. The van der Waals surface area contributed by atoms with Crippen molar-refractivity contribution in [2.24, 2.45) is 9.98 Å². The summed E-state index contributed by atoms with van der Waals surface area (Å²) in [4.78, 5) is 27.8. The van der Waals surface area contributed by atoms with E-state index in [4.69, 9.17) is 9.73 Å². The number of hydrogen-bond donors (Lipinski definition) is 0. The third kappa shape index (κ3) is 2.46. The zero-order valence-electron chi connectivity index (χ0n) is 13.3. The summed E-state index contributed by atoms with van der Waals surface area (Å²) in [6, 6.07) is 9.25. The first kappa shape index (κ1) is 14.6. The summed E-state index contributed by atoms with van der Waals surface area (Å²) in [7, 11) is 1.64. The summed E-state index contributed by atoms with van der Waals surface area (Å²) in [5.41, 5.74) is 2.37. The van der Waals surface area contributed by atoms with Gasteiger partial charge in [-0.05, 0) is 30.3 Å². The number of rotatable bonds is 4. The number of ketones is 1. The van der Waals surface area contributed by atoms with Crippen molar-refractivity contribution in [1.82, 2.24) is 9.88 Å². The summed E-state index contributed by atoms with van der Waals surface area (Å²) in [5, 5.41) is 0. The number of fused-ring (bicyclic) bond motifs is 3. The molecule has 0 unspecified atom stereocenters. The van der Waals surface area contributed by atoms with Crippen LogP contribution in [-0.4, -0.2) is 47.5 Å². The Morgan fingerprint density at radius 1 is 1.33 bits per heavy atom. The molecular weight excluding hydrogens is 304 g/mol. The minimum atomic E-state index is 0.00469. The zero-order valence-corrected chi connectivity index (χ0v) is 13.3. The van der Waals surface area contributed by atoms with Crippen molar-refractivity contribution < 1.29 is 9.53 Å². The molecule has 24 heavy (non-hydrogen) atoms. The van der Waals surface area contributed by atoms with E-state index in [1.54, 1.807) is 31.6 Å². The van der Waals surface area contributed by atoms with Gasteiger partial charge in [-0.1, -0.05) is 0 Å². The first-order valence-corrected chi connectivity index (χ1v) is 7.77. The highest BCUT2D eigenvalue weighted by Crippen LogP contribution is 2.32. The second-order valence-corrected chi connectivity index (χ2v) is 5.61. The van der Waals surface area contributed by atoms with Crippen LogP contribution in [-0.2, 0) is 0 Å². The highest BCUT2D eigenvalue weighted by atomic mass is 16.5. The number of aromatic nitrogens is 1. The highest BCUT2D eigenvalue weighted by Gasteiger charge is 2.30. The Morgan fingerprint density at radius 2 is 2.25 bits per heavy atom. The van der Waals surface area contributed by atoms with Gasteiger partial charge in [-0.25, -0.2) is 4.99 Å². The predicted molar refractivity (Wildman–Crippen MR) is 91.4 cm³/mol. The molecule has 2 aliphatic rings. The van der Waals surface area contributed by atoms with Crippen LogP contribution in [0.25, 0.3) is 0 Å².